The molecule has 0 aliphatic carbocycles. The van der Waals surface area contributed by atoms with Crippen LogP contribution >= 0.6 is 0 Å². The lowest BCUT2D eigenvalue weighted by Crippen LogP contribution is -1.98. The maximum absolute atomic E-state index is 4.24. The molecule has 0 aliphatic rings. The highest BCUT2D eigenvalue weighted by Gasteiger charge is 2.09. The lowest BCUT2D eigenvalue weighted by atomic mass is 10.5. The summed E-state index contributed by atoms with van der Waals surface area (Å²) in [6.45, 7) is 0. The van der Waals surface area contributed by atoms with Gasteiger partial charge in [-0.2, -0.15) is 0 Å². The van der Waals surface area contributed by atoms with Gasteiger partial charge in [0.05, 0.1) is 6.33 Å². The van der Waals surface area contributed by atoms with Gasteiger partial charge in [-0.05, 0) is 0 Å². The van der Waals surface area contributed by atoms with Gasteiger partial charge in [-0.3, -0.25) is 4.57 Å². The van der Waals surface area contributed by atoms with Crippen LogP contribution in [0.25, 0.3) is 17.0 Å². The van der Waals surface area contributed by atoms with E-state index in [2.05, 4.69) is 25.1 Å². The van der Waals surface area contributed by atoms with E-state index in [1.807, 2.05) is 11.6 Å². The zero-order valence-corrected chi connectivity index (χ0v) is 7.94. The van der Waals surface area contributed by atoms with Gasteiger partial charge in [0.15, 0.2) is 17.0 Å². The topological polar surface area (TPSA) is 74.3 Å². The van der Waals surface area contributed by atoms with E-state index in [0.29, 0.717) is 5.82 Å². The van der Waals surface area contributed by atoms with E-state index in [-0.39, 0.29) is 0 Å². The summed E-state index contributed by atoms with van der Waals surface area (Å²) in [5, 5.41) is 7.46. The minimum Gasteiger partial charge on any atom is -0.318 e. The van der Waals surface area contributed by atoms with Crippen LogP contribution < -0.4 is 0 Å². The maximum atomic E-state index is 4.24. The smallest absolute Gasteiger partial charge is 0.170 e. The summed E-state index contributed by atoms with van der Waals surface area (Å²) in [5.41, 5.74) is 1.52. The fraction of sp³-hybridized carbons (Fsp3) is 0.125. The average molecular weight is 201 g/mol. The van der Waals surface area contributed by atoms with Gasteiger partial charge in [0.2, 0.25) is 0 Å². The number of hydrogen-bond acceptors (Lipinski definition) is 5. The Bertz CT molecular complexity index is 595. The molecule has 3 aromatic rings. The van der Waals surface area contributed by atoms with Crippen LogP contribution in [0.1, 0.15) is 0 Å². The van der Waals surface area contributed by atoms with Crippen LogP contribution in [0.15, 0.2) is 25.3 Å². The first kappa shape index (κ1) is 8.04. The molecule has 3 rings (SSSR count). The third-order valence-corrected chi connectivity index (χ3v) is 2.14. The molecule has 3 aromatic heterocycles. The summed E-state index contributed by atoms with van der Waals surface area (Å²) in [7, 11) is 1.89. The molecular weight excluding hydrogens is 194 g/mol. The summed E-state index contributed by atoms with van der Waals surface area (Å²) in [5.74, 6) is 0.686. The minimum atomic E-state index is 0.686. The molecule has 0 atom stereocenters. The fourth-order valence-electron chi connectivity index (χ4n) is 1.43. The number of rotatable bonds is 1. The number of imidazole rings is 1. The first-order valence-electron chi connectivity index (χ1n) is 4.33. The number of hydrogen-bond donors (Lipinski definition) is 0. The van der Waals surface area contributed by atoms with E-state index in [1.165, 1.54) is 6.33 Å². The summed E-state index contributed by atoms with van der Waals surface area (Å²) in [6.07, 6.45) is 6.36. The molecule has 15 heavy (non-hydrogen) atoms. The second kappa shape index (κ2) is 2.84. The van der Waals surface area contributed by atoms with Crippen molar-refractivity contribution in [3.8, 4) is 5.82 Å². The van der Waals surface area contributed by atoms with Gasteiger partial charge in [-0.25, -0.2) is 15.0 Å². The lowest BCUT2D eigenvalue weighted by Gasteiger charge is -1.99. The predicted octanol–water partition coefficient (Wildman–Crippen LogP) is -0.0560. The number of fused-ring (bicyclic) bond motifs is 1. The molecule has 7 nitrogen and oxygen atoms in total. The Labute approximate surface area is 84.4 Å². The molecule has 0 saturated carbocycles. The summed E-state index contributed by atoms with van der Waals surface area (Å²) >= 11 is 0. The molecule has 74 valence electrons. The molecular formula is C8H7N7. The lowest BCUT2D eigenvalue weighted by molar-refractivity contribution is 0.924. The summed E-state index contributed by atoms with van der Waals surface area (Å²) < 4.78 is 3.54. The molecule has 0 aromatic carbocycles. The molecule has 7 heteroatoms. The molecule has 0 bridgehead atoms. The Kier molecular flexibility index (Phi) is 1.52. The van der Waals surface area contributed by atoms with E-state index in [4.69, 9.17) is 0 Å². The monoisotopic (exact) mass is 201 g/mol. The van der Waals surface area contributed by atoms with Crippen molar-refractivity contribution in [1.82, 2.24) is 34.3 Å². The second-order valence-electron chi connectivity index (χ2n) is 3.09. The largest absolute Gasteiger partial charge is 0.318 e. The maximum Gasteiger partial charge on any atom is 0.170 e. The third kappa shape index (κ3) is 1.09. The predicted molar refractivity (Wildman–Crippen MR) is 51.2 cm³/mol. The van der Waals surface area contributed by atoms with Crippen LogP contribution in [0.2, 0.25) is 0 Å². The van der Waals surface area contributed by atoms with Crippen molar-refractivity contribution in [2.45, 2.75) is 0 Å². The molecule has 0 radical (unpaired) electrons. The second-order valence-corrected chi connectivity index (χ2v) is 3.09. The molecule has 0 fully saturated rings. The van der Waals surface area contributed by atoms with E-state index in [1.54, 1.807) is 23.5 Å². The van der Waals surface area contributed by atoms with Crippen molar-refractivity contribution in [1.29, 1.82) is 0 Å². The number of nitrogens with zero attached hydrogens (tertiary/aromatic N) is 7. The Hall–Kier alpha value is -2.31. The van der Waals surface area contributed by atoms with Crippen molar-refractivity contribution in [3.63, 3.8) is 0 Å². The van der Waals surface area contributed by atoms with Crippen LogP contribution in [-0.4, -0.2) is 34.3 Å². The van der Waals surface area contributed by atoms with E-state index in [0.717, 1.165) is 11.2 Å². The first-order valence-corrected chi connectivity index (χ1v) is 4.33. The Morgan fingerprint density at radius 3 is 2.60 bits per heavy atom. The Balaban J connectivity index is 2.36. The van der Waals surface area contributed by atoms with Crippen molar-refractivity contribution in [2.75, 3.05) is 0 Å². The van der Waals surface area contributed by atoms with E-state index < -0.39 is 0 Å². The van der Waals surface area contributed by atoms with Gasteiger partial charge in [0, 0.05) is 7.05 Å². The SMILES string of the molecule is Cn1cnc2c(-n3cnnc3)ncnc21. The first-order chi connectivity index (χ1) is 7.36. The molecule has 3 heterocycles. The standard InChI is InChI=1S/C8H7N7/c1-14-3-11-6-7(14)9-2-10-8(6)15-4-12-13-5-15/h2-5H,1H3. The molecule has 0 N–H and O–H groups in total. The van der Waals surface area contributed by atoms with Gasteiger partial charge >= 0.3 is 0 Å². The highest BCUT2D eigenvalue weighted by molar-refractivity contribution is 5.78. The normalized spacial score (nSPS) is 11.0. The van der Waals surface area contributed by atoms with Crippen molar-refractivity contribution in [2.24, 2.45) is 7.05 Å². The summed E-state index contributed by atoms with van der Waals surface area (Å²) in [4.78, 5) is 12.5. The van der Waals surface area contributed by atoms with Crippen LogP contribution in [0.5, 0.6) is 0 Å². The number of aryl methyl sites for hydroxylation is 1. The van der Waals surface area contributed by atoms with Gasteiger partial charge < -0.3 is 4.57 Å². The van der Waals surface area contributed by atoms with Gasteiger partial charge in [-0.1, -0.05) is 0 Å². The van der Waals surface area contributed by atoms with Gasteiger partial charge in [0.1, 0.15) is 19.0 Å². The van der Waals surface area contributed by atoms with Crippen LogP contribution in [-0.2, 0) is 7.05 Å². The zero-order valence-electron chi connectivity index (χ0n) is 7.94. The molecule has 0 amide bonds. The van der Waals surface area contributed by atoms with E-state index in [9.17, 15) is 0 Å². The molecule has 0 saturated heterocycles. The molecule has 0 unspecified atom stereocenters. The van der Waals surface area contributed by atoms with Crippen molar-refractivity contribution >= 4 is 11.2 Å². The highest BCUT2D eigenvalue weighted by atomic mass is 15.3. The van der Waals surface area contributed by atoms with Crippen molar-refractivity contribution in [3.05, 3.63) is 25.3 Å². The molecule has 0 aliphatic heterocycles. The minimum absolute atomic E-state index is 0.686. The van der Waals surface area contributed by atoms with Crippen molar-refractivity contribution < 1.29 is 0 Å². The fourth-order valence-corrected chi connectivity index (χ4v) is 1.43. The Morgan fingerprint density at radius 2 is 1.80 bits per heavy atom. The highest BCUT2D eigenvalue weighted by Crippen LogP contribution is 2.14. The van der Waals surface area contributed by atoms with E-state index >= 15 is 0 Å². The van der Waals surface area contributed by atoms with Gasteiger partial charge in [0.25, 0.3) is 0 Å². The third-order valence-electron chi connectivity index (χ3n) is 2.14. The quantitative estimate of drug-likeness (QED) is 0.551. The number of aromatic nitrogens is 7. The van der Waals surface area contributed by atoms with Crippen LogP contribution in [0.4, 0.5) is 0 Å². The Morgan fingerprint density at radius 1 is 1.00 bits per heavy atom. The van der Waals surface area contributed by atoms with Gasteiger partial charge in [-0.15, -0.1) is 10.2 Å². The molecule has 0 spiro atoms. The van der Waals surface area contributed by atoms with Crippen LogP contribution in [0, 0.1) is 0 Å². The average Bonchev–Trinajstić information content (AvgIpc) is 2.88. The summed E-state index contributed by atoms with van der Waals surface area (Å²) in [6, 6.07) is 0. The zero-order chi connectivity index (χ0) is 10.3. The van der Waals surface area contributed by atoms with Crippen LogP contribution in [0.3, 0.4) is 0 Å².